The fraction of sp³-hybridized carbons (Fsp3) is 0.833. The SMILES string of the molecule is CC(C)(C)c1nsc(NCC2CCCCN2)n1. The van der Waals surface area contributed by atoms with Crippen molar-refractivity contribution >= 4 is 16.7 Å². The van der Waals surface area contributed by atoms with Gasteiger partial charge in [-0.15, -0.1) is 0 Å². The quantitative estimate of drug-likeness (QED) is 0.869. The van der Waals surface area contributed by atoms with E-state index in [1.54, 1.807) is 0 Å². The Hall–Kier alpha value is -0.680. The Morgan fingerprint density at radius 3 is 2.82 bits per heavy atom. The first-order valence-electron chi connectivity index (χ1n) is 6.37. The lowest BCUT2D eigenvalue weighted by molar-refractivity contribution is 0.414. The molecule has 5 heteroatoms. The van der Waals surface area contributed by atoms with Crippen molar-refractivity contribution in [2.24, 2.45) is 0 Å². The smallest absolute Gasteiger partial charge is 0.202 e. The molecule has 1 saturated heterocycles. The van der Waals surface area contributed by atoms with Gasteiger partial charge >= 0.3 is 0 Å². The molecule has 0 radical (unpaired) electrons. The maximum atomic E-state index is 4.53. The van der Waals surface area contributed by atoms with Crippen molar-refractivity contribution in [2.45, 2.75) is 51.5 Å². The monoisotopic (exact) mass is 254 g/mol. The van der Waals surface area contributed by atoms with E-state index in [1.165, 1.54) is 30.8 Å². The number of nitrogens with one attached hydrogen (secondary N) is 2. The van der Waals surface area contributed by atoms with Gasteiger partial charge in [-0.2, -0.15) is 4.37 Å². The van der Waals surface area contributed by atoms with E-state index >= 15 is 0 Å². The van der Waals surface area contributed by atoms with E-state index in [4.69, 9.17) is 0 Å². The average molecular weight is 254 g/mol. The molecule has 1 fully saturated rings. The maximum absolute atomic E-state index is 4.53. The normalized spacial score (nSPS) is 21.5. The average Bonchev–Trinajstić information content (AvgIpc) is 2.76. The molecule has 1 aliphatic heterocycles. The molecule has 1 aromatic heterocycles. The molecule has 0 saturated carbocycles. The lowest BCUT2D eigenvalue weighted by Crippen LogP contribution is -2.39. The molecule has 2 heterocycles. The van der Waals surface area contributed by atoms with E-state index < -0.39 is 0 Å². The molecule has 1 unspecified atom stereocenters. The Morgan fingerprint density at radius 1 is 1.41 bits per heavy atom. The molecule has 0 amide bonds. The van der Waals surface area contributed by atoms with Crippen molar-refractivity contribution < 1.29 is 0 Å². The summed E-state index contributed by atoms with van der Waals surface area (Å²) in [5.74, 6) is 0.932. The molecule has 0 aliphatic carbocycles. The van der Waals surface area contributed by atoms with Gasteiger partial charge in [0.05, 0.1) is 0 Å². The van der Waals surface area contributed by atoms with Crippen molar-refractivity contribution in [1.29, 1.82) is 0 Å². The van der Waals surface area contributed by atoms with Gasteiger partial charge in [-0.3, -0.25) is 0 Å². The van der Waals surface area contributed by atoms with E-state index in [-0.39, 0.29) is 5.41 Å². The summed E-state index contributed by atoms with van der Waals surface area (Å²) >= 11 is 1.46. The second-order valence-electron chi connectivity index (χ2n) is 5.70. The van der Waals surface area contributed by atoms with Gasteiger partial charge in [0.2, 0.25) is 5.13 Å². The molecule has 0 aromatic carbocycles. The first-order chi connectivity index (χ1) is 8.05. The second-order valence-corrected chi connectivity index (χ2v) is 6.45. The van der Waals surface area contributed by atoms with Crippen LogP contribution in [-0.2, 0) is 5.41 Å². The van der Waals surface area contributed by atoms with Gasteiger partial charge in [-0.25, -0.2) is 4.98 Å². The lowest BCUT2D eigenvalue weighted by Gasteiger charge is -2.23. The summed E-state index contributed by atoms with van der Waals surface area (Å²) in [6.45, 7) is 8.53. The van der Waals surface area contributed by atoms with Gasteiger partial charge < -0.3 is 10.6 Å². The topological polar surface area (TPSA) is 49.8 Å². The largest absolute Gasteiger partial charge is 0.359 e. The minimum Gasteiger partial charge on any atom is -0.359 e. The third-order valence-electron chi connectivity index (χ3n) is 3.01. The van der Waals surface area contributed by atoms with Crippen LogP contribution in [0.2, 0.25) is 0 Å². The molecule has 1 aromatic rings. The Bertz CT molecular complexity index is 350. The minimum atomic E-state index is 0.0412. The first kappa shape index (κ1) is 12.8. The van der Waals surface area contributed by atoms with Gasteiger partial charge in [-0.05, 0) is 19.4 Å². The highest BCUT2D eigenvalue weighted by Gasteiger charge is 2.20. The highest BCUT2D eigenvalue weighted by atomic mass is 32.1. The van der Waals surface area contributed by atoms with Crippen LogP contribution in [0.4, 0.5) is 5.13 Å². The van der Waals surface area contributed by atoms with Crippen molar-refractivity contribution in [1.82, 2.24) is 14.7 Å². The first-order valence-corrected chi connectivity index (χ1v) is 7.14. The highest BCUT2D eigenvalue weighted by Crippen LogP contribution is 2.23. The van der Waals surface area contributed by atoms with Gasteiger partial charge in [0.25, 0.3) is 0 Å². The zero-order valence-electron chi connectivity index (χ0n) is 10.9. The fourth-order valence-electron chi connectivity index (χ4n) is 1.91. The molecule has 0 bridgehead atoms. The number of hydrogen-bond donors (Lipinski definition) is 2. The zero-order chi connectivity index (χ0) is 12.3. The Kier molecular flexibility index (Phi) is 3.99. The molecule has 2 rings (SSSR count). The molecule has 1 atom stereocenters. The second kappa shape index (κ2) is 5.31. The maximum Gasteiger partial charge on any atom is 0.202 e. The minimum absolute atomic E-state index is 0.0412. The van der Waals surface area contributed by atoms with Crippen molar-refractivity contribution in [3.63, 3.8) is 0 Å². The van der Waals surface area contributed by atoms with Crippen LogP contribution in [0.25, 0.3) is 0 Å². The third-order valence-corrected chi connectivity index (χ3v) is 3.68. The number of anilines is 1. The standard InChI is InChI=1S/C12H22N4S/c1-12(2,3)10-15-11(17-16-10)14-8-9-6-4-5-7-13-9/h9,13H,4-8H2,1-3H3,(H,14,15,16). The predicted octanol–water partition coefficient (Wildman–Crippen LogP) is 2.39. The van der Waals surface area contributed by atoms with Crippen LogP contribution in [-0.4, -0.2) is 28.5 Å². The van der Waals surface area contributed by atoms with Gasteiger partial charge in [0.1, 0.15) is 5.82 Å². The van der Waals surface area contributed by atoms with E-state index in [0.29, 0.717) is 6.04 Å². The van der Waals surface area contributed by atoms with Crippen LogP contribution >= 0.6 is 11.5 Å². The molecule has 4 nitrogen and oxygen atoms in total. The summed E-state index contributed by atoms with van der Waals surface area (Å²) < 4.78 is 4.40. The number of piperidine rings is 1. The molecule has 17 heavy (non-hydrogen) atoms. The summed E-state index contributed by atoms with van der Waals surface area (Å²) in [6, 6.07) is 0.589. The van der Waals surface area contributed by atoms with Crippen LogP contribution in [0.5, 0.6) is 0 Å². The van der Waals surface area contributed by atoms with E-state index in [2.05, 4.69) is 40.8 Å². The third kappa shape index (κ3) is 3.64. The van der Waals surface area contributed by atoms with Crippen molar-refractivity contribution in [3.8, 4) is 0 Å². The van der Waals surface area contributed by atoms with Crippen molar-refractivity contribution in [3.05, 3.63) is 5.82 Å². The van der Waals surface area contributed by atoms with Gasteiger partial charge in [-0.1, -0.05) is 27.2 Å². The number of nitrogens with zero attached hydrogens (tertiary/aromatic N) is 2. The summed E-state index contributed by atoms with van der Waals surface area (Å²) in [5, 5.41) is 7.86. The van der Waals surface area contributed by atoms with E-state index in [0.717, 1.165) is 24.0 Å². The number of aromatic nitrogens is 2. The zero-order valence-corrected chi connectivity index (χ0v) is 11.7. The number of rotatable bonds is 3. The summed E-state index contributed by atoms with van der Waals surface area (Å²) in [6.07, 6.45) is 3.91. The lowest BCUT2D eigenvalue weighted by atomic mass is 9.96. The predicted molar refractivity (Wildman–Crippen MR) is 72.7 cm³/mol. The summed E-state index contributed by atoms with van der Waals surface area (Å²) in [7, 11) is 0. The molecular weight excluding hydrogens is 232 g/mol. The van der Waals surface area contributed by atoms with Crippen LogP contribution in [0.3, 0.4) is 0 Å². The summed E-state index contributed by atoms with van der Waals surface area (Å²) in [5.41, 5.74) is 0.0412. The highest BCUT2D eigenvalue weighted by molar-refractivity contribution is 7.09. The molecule has 96 valence electrons. The molecule has 0 spiro atoms. The van der Waals surface area contributed by atoms with Crippen LogP contribution in [0.15, 0.2) is 0 Å². The van der Waals surface area contributed by atoms with Crippen molar-refractivity contribution in [2.75, 3.05) is 18.4 Å². The molecule has 2 N–H and O–H groups in total. The molecule has 1 aliphatic rings. The Morgan fingerprint density at radius 2 is 2.24 bits per heavy atom. The van der Waals surface area contributed by atoms with Gasteiger partial charge in [0, 0.05) is 29.5 Å². The summed E-state index contributed by atoms with van der Waals surface area (Å²) in [4.78, 5) is 4.53. The van der Waals surface area contributed by atoms with Crippen LogP contribution in [0, 0.1) is 0 Å². The van der Waals surface area contributed by atoms with E-state index in [9.17, 15) is 0 Å². The Labute approximate surface area is 107 Å². The van der Waals surface area contributed by atoms with Gasteiger partial charge in [0.15, 0.2) is 0 Å². The molecular formula is C12H22N4S. The Balaban J connectivity index is 1.84. The van der Waals surface area contributed by atoms with Crippen LogP contribution in [0.1, 0.15) is 45.9 Å². The van der Waals surface area contributed by atoms with E-state index in [1.807, 2.05) is 0 Å². The fourth-order valence-corrected chi connectivity index (χ4v) is 2.67. The van der Waals surface area contributed by atoms with Crippen LogP contribution < -0.4 is 10.6 Å². The number of hydrogen-bond acceptors (Lipinski definition) is 5.